The van der Waals surface area contributed by atoms with Crippen LogP contribution < -0.4 is 9.21 Å². The summed E-state index contributed by atoms with van der Waals surface area (Å²) in [5, 5.41) is 0.880. The van der Waals surface area contributed by atoms with Crippen LogP contribution in [0.1, 0.15) is 71.1 Å². The Morgan fingerprint density at radius 1 is 0.920 bits per heavy atom. The zero-order valence-corrected chi connectivity index (χ0v) is 30.7. The minimum Gasteiger partial charge on any atom is -0.467 e. The van der Waals surface area contributed by atoms with Crippen molar-refractivity contribution in [3.05, 3.63) is 112 Å². The number of rotatable bonds is 14. The van der Waals surface area contributed by atoms with Crippen LogP contribution in [0.4, 0.5) is 11.4 Å². The molecule has 2 aromatic heterocycles. The summed E-state index contributed by atoms with van der Waals surface area (Å²) < 4.78 is 47.6. The van der Waals surface area contributed by atoms with E-state index in [-0.39, 0.29) is 42.8 Å². The number of fused-ring (bicyclic) bond motifs is 1. The summed E-state index contributed by atoms with van der Waals surface area (Å²) in [7, 11) is -2.24. The maximum absolute atomic E-state index is 14.8. The van der Waals surface area contributed by atoms with Crippen molar-refractivity contribution < 1.29 is 31.6 Å². The van der Waals surface area contributed by atoms with Gasteiger partial charge in [0.15, 0.2) is 0 Å². The number of benzene rings is 3. The zero-order chi connectivity index (χ0) is 36.2. The topological polar surface area (TPSA) is 114 Å². The molecule has 0 aliphatic heterocycles. The molecule has 0 aliphatic carbocycles. The lowest BCUT2D eigenvalue weighted by molar-refractivity contribution is 0.0491. The number of sulfonamides is 1. The molecule has 264 valence electrons. The number of ether oxygens (including phenoxy) is 1. The van der Waals surface area contributed by atoms with Crippen LogP contribution in [-0.2, 0) is 34.3 Å². The van der Waals surface area contributed by atoms with Gasteiger partial charge in [-0.15, -0.1) is 0 Å². The highest BCUT2D eigenvalue weighted by Crippen LogP contribution is 2.37. The average Bonchev–Trinajstić information content (AvgIpc) is 3.75. The van der Waals surface area contributed by atoms with E-state index in [2.05, 4.69) is 0 Å². The SMILES string of the molecule is CCOC(=O)c1oc2ccc(S(=O)(=O)N(CC)c3ccc(N(C)CC)cc3CN(Cc3ccco3)C(=O)c3ccccc3Cl)c(CC)c2c1C. The smallest absolute Gasteiger partial charge is 0.374 e. The highest BCUT2D eigenvalue weighted by Gasteiger charge is 2.32. The maximum atomic E-state index is 14.8. The maximum Gasteiger partial charge on any atom is 0.374 e. The number of esters is 1. The van der Waals surface area contributed by atoms with E-state index in [1.165, 1.54) is 10.4 Å². The van der Waals surface area contributed by atoms with Crippen LogP contribution in [0.2, 0.25) is 5.02 Å². The standard InChI is InChI=1S/C38H42ClN3O7S/c1-7-29-34(20-19-33-35(29)25(5)36(49-33)38(44)47-10-4)50(45,46)42(9-3)32-18-17-27(40(6)8-2)22-26(32)23-41(24-28-14-13-21-48-28)37(43)30-15-11-12-16-31(30)39/h11-22H,7-10,23-24H2,1-6H3. The molecule has 50 heavy (non-hydrogen) atoms. The normalized spacial score (nSPS) is 11.5. The van der Waals surface area contributed by atoms with Crippen molar-refractivity contribution in [1.82, 2.24) is 4.90 Å². The van der Waals surface area contributed by atoms with Gasteiger partial charge in [-0.3, -0.25) is 9.10 Å². The van der Waals surface area contributed by atoms with Gasteiger partial charge in [-0.25, -0.2) is 13.2 Å². The lowest BCUT2D eigenvalue weighted by Gasteiger charge is -2.30. The molecule has 0 bridgehead atoms. The number of carbonyl (C=O) groups excluding carboxylic acids is 2. The van der Waals surface area contributed by atoms with Crippen LogP contribution in [0.3, 0.4) is 0 Å². The van der Waals surface area contributed by atoms with Gasteiger partial charge < -0.3 is 23.4 Å². The first kappa shape index (κ1) is 36.5. The van der Waals surface area contributed by atoms with Crippen molar-refractivity contribution in [1.29, 1.82) is 0 Å². The van der Waals surface area contributed by atoms with Crippen LogP contribution in [0.15, 0.2) is 86.7 Å². The number of halogens is 1. The second-order valence-corrected chi connectivity index (χ2v) is 14.0. The molecular weight excluding hydrogens is 678 g/mol. The molecule has 0 saturated carbocycles. The fourth-order valence-corrected chi connectivity index (χ4v) is 8.17. The summed E-state index contributed by atoms with van der Waals surface area (Å²) in [6.45, 7) is 10.3. The molecule has 12 heteroatoms. The van der Waals surface area contributed by atoms with Gasteiger partial charge in [-0.1, -0.05) is 30.7 Å². The Balaban J connectivity index is 1.65. The molecule has 0 atom stereocenters. The monoisotopic (exact) mass is 719 g/mol. The van der Waals surface area contributed by atoms with Crippen molar-refractivity contribution in [2.45, 2.75) is 59.0 Å². The van der Waals surface area contributed by atoms with Crippen LogP contribution in [0.25, 0.3) is 11.0 Å². The Bertz CT molecular complexity index is 2110. The number of hydrogen-bond donors (Lipinski definition) is 0. The summed E-state index contributed by atoms with van der Waals surface area (Å²) in [4.78, 5) is 30.5. The van der Waals surface area contributed by atoms with Gasteiger partial charge in [0.1, 0.15) is 11.3 Å². The third-order valence-electron chi connectivity index (χ3n) is 8.76. The molecule has 5 rings (SSSR count). The minimum absolute atomic E-state index is 0.0520. The minimum atomic E-state index is -4.18. The number of amides is 1. The number of hydrogen-bond acceptors (Lipinski definition) is 8. The van der Waals surface area contributed by atoms with Gasteiger partial charge in [0, 0.05) is 43.3 Å². The predicted octanol–water partition coefficient (Wildman–Crippen LogP) is 8.24. The molecule has 10 nitrogen and oxygen atoms in total. The number of furan rings is 2. The van der Waals surface area contributed by atoms with Crippen LogP contribution in [0.5, 0.6) is 0 Å². The fourth-order valence-electron chi connectivity index (χ4n) is 6.14. The summed E-state index contributed by atoms with van der Waals surface area (Å²) in [5.74, 6) is -0.316. The Labute approximate surface area is 298 Å². The second kappa shape index (κ2) is 15.4. The first-order valence-electron chi connectivity index (χ1n) is 16.6. The predicted molar refractivity (Wildman–Crippen MR) is 196 cm³/mol. The van der Waals surface area contributed by atoms with Crippen LogP contribution in [0, 0.1) is 6.92 Å². The van der Waals surface area contributed by atoms with E-state index in [0.717, 1.165) is 5.69 Å². The van der Waals surface area contributed by atoms with Crippen molar-refractivity contribution >= 4 is 55.8 Å². The van der Waals surface area contributed by atoms with E-state index in [9.17, 15) is 18.0 Å². The average molecular weight is 720 g/mol. The fraction of sp³-hybridized carbons (Fsp3) is 0.316. The first-order chi connectivity index (χ1) is 24.0. The molecule has 0 spiro atoms. The third-order valence-corrected chi connectivity index (χ3v) is 11.1. The largest absolute Gasteiger partial charge is 0.467 e. The Morgan fingerprint density at radius 3 is 2.32 bits per heavy atom. The number of nitrogens with zero attached hydrogens (tertiary/aromatic N) is 3. The number of carbonyl (C=O) groups is 2. The van der Waals surface area contributed by atoms with Gasteiger partial charge in [-0.05, 0) is 99.8 Å². The lowest BCUT2D eigenvalue weighted by Crippen LogP contribution is -2.35. The summed E-state index contributed by atoms with van der Waals surface area (Å²) in [6, 6.07) is 19.1. The van der Waals surface area contributed by atoms with Gasteiger partial charge in [0.05, 0.1) is 40.6 Å². The molecule has 1 amide bonds. The Kier molecular flexibility index (Phi) is 11.3. The van der Waals surface area contributed by atoms with Crippen LogP contribution >= 0.6 is 11.6 Å². The molecule has 0 aliphatic rings. The molecular formula is C38H42ClN3O7S. The van der Waals surface area contributed by atoms with Gasteiger partial charge in [0.2, 0.25) is 5.76 Å². The van der Waals surface area contributed by atoms with E-state index in [0.29, 0.717) is 62.7 Å². The van der Waals surface area contributed by atoms with Crippen LogP contribution in [-0.4, -0.2) is 51.9 Å². The molecule has 0 unspecified atom stereocenters. The molecule has 0 fully saturated rings. The molecule has 3 aromatic carbocycles. The zero-order valence-electron chi connectivity index (χ0n) is 29.2. The van der Waals surface area contributed by atoms with E-state index in [1.807, 2.05) is 37.9 Å². The molecule has 0 N–H and O–H groups in total. The van der Waals surface area contributed by atoms with Crippen molar-refractivity contribution in [2.75, 3.05) is 35.9 Å². The highest BCUT2D eigenvalue weighted by molar-refractivity contribution is 7.93. The molecule has 5 aromatic rings. The summed E-state index contributed by atoms with van der Waals surface area (Å²) >= 11 is 6.48. The van der Waals surface area contributed by atoms with E-state index < -0.39 is 16.0 Å². The summed E-state index contributed by atoms with van der Waals surface area (Å²) in [6.07, 6.45) is 1.91. The Morgan fingerprint density at radius 2 is 1.68 bits per heavy atom. The van der Waals surface area contributed by atoms with E-state index >= 15 is 0 Å². The molecule has 0 radical (unpaired) electrons. The lowest BCUT2D eigenvalue weighted by atomic mass is 10.0. The van der Waals surface area contributed by atoms with Crippen molar-refractivity contribution in [2.24, 2.45) is 0 Å². The number of aryl methyl sites for hydroxylation is 2. The number of anilines is 2. The molecule has 2 heterocycles. The van der Waals surface area contributed by atoms with Crippen molar-refractivity contribution in [3.63, 3.8) is 0 Å². The van der Waals surface area contributed by atoms with Gasteiger partial charge in [0.25, 0.3) is 15.9 Å². The highest BCUT2D eigenvalue weighted by atomic mass is 35.5. The van der Waals surface area contributed by atoms with Gasteiger partial charge >= 0.3 is 5.97 Å². The van der Waals surface area contributed by atoms with E-state index in [4.69, 9.17) is 25.2 Å². The van der Waals surface area contributed by atoms with Crippen molar-refractivity contribution in [3.8, 4) is 0 Å². The van der Waals surface area contributed by atoms with Gasteiger partial charge in [-0.2, -0.15) is 0 Å². The second-order valence-electron chi connectivity index (χ2n) is 11.8. The first-order valence-corrected chi connectivity index (χ1v) is 18.4. The summed E-state index contributed by atoms with van der Waals surface area (Å²) in [5.41, 5.74) is 3.69. The molecule has 0 saturated heterocycles. The Hall–Kier alpha value is -4.74. The quantitative estimate of drug-likeness (QED) is 0.106. The third kappa shape index (κ3) is 7.11. The van der Waals surface area contributed by atoms with E-state index in [1.54, 1.807) is 80.5 Å².